The summed E-state index contributed by atoms with van der Waals surface area (Å²) in [7, 11) is 1.65. The molecule has 3 aromatic carbocycles. The molecule has 0 radical (unpaired) electrons. The number of para-hydroxylation sites is 1. The second-order valence-electron chi connectivity index (χ2n) is 8.64. The van der Waals surface area contributed by atoms with Crippen molar-refractivity contribution in [2.75, 3.05) is 13.7 Å². The number of amides is 1. The van der Waals surface area contributed by atoms with E-state index in [1.807, 2.05) is 77.7 Å². The van der Waals surface area contributed by atoms with E-state index in [-0.39, 0.29) is 5.91 Å². The second-order valence-corrected chi connectivity index (χ2v) is 8.64. The lowest BCUT2D eigenvalue weighted by atomic mass is 9.99. The highest BCUT2D eigenvalue weighted by atomic mass is 16.5. The number of rotatable bonds is 4. The first-order valence-corrected chi connectivity index (χ1v) is 11.7. The summed E-state index contributed by atoms with van der Waals surface area (Å²) in [5.74, 6) is 0.627. The molecule has 0 N–H and O–H groups in total. The molecule has 0 saturated heterocycles. The maximum Gasteiger partial charge on any atom is 0.272 e. The van der Waals surface area contributed by atoms with Gasteiger partial charge in [-0.05, 0) is 35.7 Å². The van der Waals surface area contributed by atoms with E-state index < -0.39 is 0 Å². The van der Waals surface area contributed by atoms with Crippen LogP contribution in [-0.2, 0) is 13.0 Å². The molecule has 5 aromatic rings. The van der Waals surface area contributed by atoms with Crippen molar-refractivity contribution in [3.63, 3.8) is 0 Å². The van der Waals surface area contributed by atoms with Crippen molar-refractivity contribution in [3.05, 3.63) is 108 Å². The Balaban J connectivity index is 1.48. The van der Waals surface area contributed by atoms with Crippen molar-refractivity contribution in [1.82, 2.24) is 19.5 Å². The lowest BCUT2D eigenvalue weighted by Gasteiger charge is -2.28. The highest BCUT2D eigenvalue weighted by Crippen LogP contribution is 2.32. The van der Waals surface area contributed by atoms with Gasteiger partial charge in [0, 0.05) is 30.3 Å². The highest BCUT2D eigenvalue weighted by Gasteiger charge is 2.25. The molecule has 0 aliphatic carbocycles. The molecule has 0 bridgehead atoms. The van der Waals surface area contributed by atoms with E-state index in [0.29, 0.717) is 30.2 Å². The number of methoxy groups -OCH3 is 1. The third-order valence-electron chi connectivity index (χ3n) is 6.52. The van der Waals surface area contributed by atoms with E-state index in [4.69, 9.17) is 14.8 Å². The molecule has 1 aliphatic heterocycles. The molecule has 1 aliphatic rings. The molecule has 3 heterocycles. The van der Waals surface area contributed by atoms with Gasteiger partial charge in [0.05, 0.1) is 18.5 Å². The summed E-state index contributed by atoms with van der Waals surface area (Å²) in [6, 6.07) is 29.8. The minimum Gasteiger partial charge on any atom is -0.496 e. The predicted octanol–water partition coefficient (Wildman–Crippen LogP) is 5.27. The first-order chi connectivity index (χ1) is 17.2. The van der Waals surface area contributed by atoms with Gasteiger partial charge in [0.2, 0.25) is 0 Å². The quantitative estimate of drug-likeness (QED) is 0.367. The van der Waals surface area contributed by atoms with E-state index >= 15 is 0 Å². The van der Waals surface area contributed by atoms with E-state index in [1.54, 1.807) is 11.6 Å². The van der Waals surface area contributed by atoms with Gasteiger partial charge in [-0.25, -0.2) is 9.50 Å². The average Bonchev–Trinajstić information content (AvgIpc) is 3.37. The van der Waals surface area contributed by atoms with Crippen LogP contribution < -0.4 is 4.74 Å². The number of carbonyl (C=O) groups excluding carboxylic acids is 1. The van der Waals surface area contributed by atoms with Gasteiger partial charge in [-0.3, -0.25) is 4.79 Å². The maximum absolute atomic E-state index is 13.7. The smallest absolute Gasteiger partial charge is 0.272 e. The van der Waals surface area contributed by atoms with E-state index in [2.05, 4.69) is 18.2 Å². The molecule has 0 saturated carbocycles. The van der Waals surface area contributed by atoms with Gasteiger partial charge in [-0.15, -0.1) is 0 Å². The Morgan fingerprint density at radius 1 is 0.886 bits per heavy atom. The van der Waals surface area contributed by atoms with Crippen LogP contribution in [0, 0.1) is 0 Å². The summed E-state index contributed by atoms with van der Waals surface area (Å²) in [5, 5.41) is 4.85. The molecule has 2 aromatic heterocycles. The topological polar surface area (TPSA) is 59.7 Å². The van der Waals surface area contributed by atoms with Gasteiger partial charge >= 0.3 is 0 Å². The van der Waals surface area contributed by atoms with E-state index in [0.717, 1.165) is 28.9 Å². The molecule has 35 heavy (non-hydrogen) atoms. The van der Waals surface area contributed by atoms with Crippen molar-refractivity contribution >= 4 is 11.6 Å². The Bertz CT molecular complexity index is 1540. The van der Waals surface area contributed by atoms with Crippen molar-refractivity contribution in [2.45, 2.75) is 13.0 Å². The number of aromatic nitrogens is 3. The monoisotopic (exact) mass is 460 g/mol. The van der Waals surface area contributed by atoms with E-state index in [9.17, 15) is 4.79 Å². The number of nitrogens with zero attached hydrogens (tertiary/aromatic N) is 4. The van der Waals surface area contributed by atoms with Crippen LogP contribution in [0.5, 0.6) is 5.75 Å². The SMILES string of the molecule is COc1ccccc1-c1cc(C(=O)N2CCc3ccccc3C2)nc2cc(-c3ccccc3)nn12. The zero-order valence-corrected chi connectivity index (χ0v) is 19.4. The Morgan fingerprint density at radius 2 is 1.63 bits per heavy atom. The molecule has 1 amide bonds. The Morgan fingerprint density at radius 3 is 2.46 bits per heavy atom. The fourth-order valence-electron chi connectivity index (χ4n) is 4.71. The number of carbonyl (C=O) groups is 1. The lowest BCUT2D eigenvalue weighted by Crippen LogP contribution is -2.36. The van der Waals surface area contributed by atoms with Gasteiger partial charge in [0.15, 0.2) is 5.65 Å². The number of benzene rings is 3. The average molecular weight is 461 g/mol. The Kier molecular flexibility index (Phi) is 5.26. The van der Waals surface area contributed by atoms with Crippen molar-refractivity contribution in [3.8, 4) is 28.3 Å². The summed E-state index contributed by atoms with van der Waals surface area (Å²) in [6.07, 6.45) is 0.842. The van der Waals surface area contributed by atoms with Crippen LogP contribution in [0.25, 0.3) is 28.2 Å². The summed E-state index contributed by atoms with van der Waals surface area (Å²) < 4.78 is 7.43. The number of fused-ring (bicyclic) bond motifs is 2. The largest absolute Gasteiger partial charge is 0.496 e. The van der Waals surface area contributed by atoms with Crippen LogP contribution in [0.1, 0.15) is 21.6 Å². The molecule has 0 atom stereocenters. The maximum atomic E-state index is 13.7. The van der Waals surface area contributed by atoms with Crippen LogP contribution in [-0.4, -0.2) is 39.1 Å². The summed E-state index contributed by atoms with van der Waals surface area (Å²) in [5.41, 5.74) is 6.91. The molecule has 6 rings (SSSR count). The van der Waals surface area contributed by atoms with Gasteiger partial charge in [0.25, 0.3) is 5.91 Å². The minimum absolute atomic E-state index is 0.0828. The molecule has 0 unspecified atom stereocenters. The fourth-order valence-corrected chi connectivity index (χ4v) is 4.71. The first kappa shape index (κ1) is 21.1. The molecule has 0 fully saturated rings. The molecular formula is C29H24N4O2. The second kappa shape index (κ2) is 8.72. The standard InChI is InChI=1S/C29H24N4O2/c1-35-27-14-8-7-13-23(27)26-17-25(29(34)32-16-15-20-9-5-6-12-22(20)19-32)30-28-18-24(31-33(26)28)21-10-3-2-4-11-21/h2-14,17-18H,15-16,19H2,1H3. The molecule has 6 nitrogen and oxygen atoms in total. The van der Waals surface area contributed by atoms with Gasteiger partial charge in [-0.2, -0.15) is 5.10 Å². The number of hydrogen-bond donors (Lipinski definition) is 0. The Labute approximate surface area is 203 Å². The molecule has 0 spiro atoms. The molecular weight excluding hydrogens is 436 g/mol. The van der Waals surface area contributed by atoms with Crippen molar-refractivity contribution in [2.24, 2.45) is 0 Å². The predicted molar refractivity (Wildman–Crippen MR) is 135 cm³/mol. The van der Waals surface area contributed by atoms with Crippen LogP contribution in [0.15, 0.2) is 91.0 Å². The fraction of sp³-hybridized carbons (Fsp3) is 0.138. The number of ether oxygens (including phenoxy) is 1. The van der Waals surface area contributed by atoms with Crippen molar-refractivity contribution in [1.29, 1.82) is 0 Å². The zero-order valence-electron chi connectivity index (χ0n) is 19.4. The van der Waals surface area contributed by atoms with Crippen LogP contribution in [0.3, 0.4) is 0 Å². The van der Waals surface area contributed by atoms with Crippen LogP contribution >= 0.6 is 0 Å². The van der Waals surface area contributed by atoms with Gasteiger partial charge in [-0.1, -0.05) is 66.7 Å². The number of hydrogen-bond acceptors (Lipinski definition) is 4. The normalized spacial score (nSPS) is 13.0. The Hall–Kier alpha value is -4.45. The third-order valence-corrected chi connectivity index (χ3v) is 6.52. The van der Waals surface area contributed by atoms with Crippen molar-refractivity contribution < 1.29 is 9.53 Å². The first-order valence-electron chi connectivity index (χ1n) is 11.7. The van der Waals surface area contributed by atoms with E-state index in [1.165, 1.54) is 11.1 Å². The minimum atomic E-state index is -0.0828. The van der Waals surface area contributed by atoms with Crippen LogP contribution in [0.4, 0.5) is 0 Å². The summed E-state index contributed by atoms with van der Waals surface area (Å²) in [4.78, 5) is 20.3. The summed E-state index contributed by atoms with van der Waals surface area (Å²) in [6.45, 7) is 1.25. The van der Waals surface area contributed by atoms with Gasteiger partial charge < -0.3 is 9.64 Å². The van der Waals surface area contributed by atoms with Gasteiger partial charge in [0.1, 0.15) is 11.4 Å². The molecule has 172 valence electrons. The third kappa shape index (κ3) is 3.83. The highest BCUT2D eigenvalue weighted by molar-refractivity contribution is 5.94. The molecule has 6 heteroatoms. The summed E-state index contributed by atoms with van der Waals surface area (Å²) >= 11 is 0. The lowest BCUT2D eigenvalue weighted by molar-refractivity contribution is 0.0729. The van der Waals surface area contributed by atoms with Crippen LogP contribution in [0.2, 0.25) is 0 Å². The zero-order chi connectivity index (χ0) is 23.8.